The van der Waals surface area contributed by atoms with Gasteiger partial charge in [0.05, 0.1) is 11.2 Å². The fraction of sp³-hybridized carbons (Fsp3) is 0.615. The second-order valence-electron chi connectivity index (χ2n) is 5.39. The van der Waals surface area contributed by atoms with E-state index in [9.17, 15) is 9.59 Å². The highest BCUT2D eigenvalue weighted by Gasteiger charge is 2.24. The van der Waals surface area contributed by atoms with Crippen molar-refractivity contribution < 1.29 is 14.7 Å². The van der Waals surface area contributed by atoms with Gasteiger partial charge >= 0.3 is 5.97 Å². The normalized spacial score (nSPS) is 11.3. The number of hydrogen-bond donors (Lipinski definition) is 2. The van der Waals surface area contributed by atoms with Gasteiger partial charge in [-0.05, 0) is 12.8 Å². The molecule has 0 aliphatic heterocycles. The molecule has 1 aromatic rings. The lowest BCUT2D eigenvalue weighted by molar-refractivity contribution is -0.137. The number of aromatic nitrogens is 1. The molecule has 0 bridgehead atoms. The number of hydrogen-bond acceptors (Lipinski definition) is 4. The van der Waals surface area contributed by atoms with Gasteiger partial charge in [-0.1, -0.05) is 20.8 Å². The molecule has 2 N–H and O–H groups in total. The van der Waals surface area contributed by atoms with Crippen LogP contribution in [0.5, 0.6) is 0 Å². The van der Waals surface area contributed by atoms with Crippen LogP contribution in [0.15, 0.2) is 5.51 Å². The van der Waals surface area contributed by atoms with Crippen molar-refractivity contribution in [2.45, 2.75) is 45.4 Å². The smallest absolute Gasteiger partial charge is 0.303 e. The summed E-state index contributed by atoms with van der Waals surface area (Å²) in [6.07, 6.45) is 1.38. The topological polar surface area (TPSA) is 79.3 Å². The van der Waals surface area contributed by atoms with Gasteiger partial charge in [0.1, 0.15) is 4.88 Å². The van der Waals surface area contributed by atoms with E-state index in [0.717, 1.165) is 5.69 Å². The number of rotatable bonds is 6. The Kier molecular flexibility index (Phi) is 5.47. The quantitative estimate of drug-likeness (QED) is 0.786. The van der Waals surface area contributed by atoms with E-state index in [-0.39, 0.29) is 17.7 Å². The minimum atomic E-state index is -0.802. The van der Waals surface area contributed by atoms with E-state index in [1.807, 2.05) is 20.8 Å². The zero-order chi connectivity index (χ0) is 14.5. The van der Waals surface area contributed by atoms with Gasteiger partial charge in [0, 0.05) is 18.4 Å². The molecular formula is C13H20N2O3S. The third-order valence-electron chi connectivity index (χ3n) is 2.59. The molecule has 0 spiro atoms. The van der Waals surface area contributed by atoms with Crippen LogP contribution in [0.1, 0.15) is 55.4 Å². The van der Waals surface area contributed by atoms with Crippen LogP contribution in [0, 0.1) is 0 Å². The summed E-state index contributed by atoms with van der Waals surface area (Å²) in [5.41, 5.74) is 2.33. The molecule has 0 atom stereocenters. The summed E-state index contributed by atoms with van der Waals surface area (Å²) in [7, 11) is 0. The minimum Gasteiger partial charge on any atom is -0.481 e. The van der Waals surface area contributed by atoms with Crippen LogP contribution in [0.4, 0.5) is 0 Å². The summed E-state index contributed by atoms with van der Waals surface area (Å²) in [6.45, 7) is 6.55. The molecule has 1 heterocycles. The van der Waals surface area contributed by atoms with Crippen molar-refractivity contribution in [3.8, 4) is 0 Å². The highest BCUT2D eigenvalue weighted by Crippen LogP contribution is 2.26. The Morgan fingerprint density at radius 2 is 2.05 bits per heavy atom. The molecule has 106 valence electrons. The van der Waals surface area contributed by atoms with E-state index in [1.165, 1.54) is 11.3 Å². The lowest BCUT2D eigenvalue weighted by Gasteiger charge is -2.17. The molecule has 6 heteroatoms. The number of nitrogens with one attached hydrogen (secondary N) is 1. The van der Waals surface area contributed by atoms with E-state index in [4.69, 9.17) is 5.11 Å². The van der Waals surface area contributed by atoms with Gasteiger partial charge in [-0.3, -0.25) is 9.59 Å². The van der Waals surface area contributed by atoms with Gasteiger partial charge in [0.2, 0.25) is 0 Å². The van der Waals surface area contributed by atoms with Gasteiger partial charge in [-0.2, -0.15) is 0 Å². The largest absolute Gasteiger partial charge is 0.481 e. The first-order valence-electron chi connectivity index (χ1n) is 6.26. The fourth-order valence-electron chi connectivity index (χ4n) is 1.62. The molecule has 1 aromatic heterocycles. The molecule has 0 radical (unpaired) electrons. The van der Waals surface area contributed by atoms with Crippen molar-refractivity contribution in [2.24, 2.45) is 0 Å². The van der Waals surface area contributed by atoms with Gasteiger partial charge in [0.25, 0.3) is 5.91 Å². The van der Waals surface area contributed by atoms with Gasteiger partial charge < -0.3 is 10.4 Å². The van der Waals surface area contributed by atoms with Crippen LogP contribution in [0.25, 0.3) is 0 Å². The molecule has 0 fully saturated rings. The van der Waals surface area contributed by atoms with E-state index < -0.39 is 5.97 Å². The summed E-state index contributed by atoms with van der Waals surface area (Å²) in [5, 5.41) is 11.3. The first-order chi connectivity index (χ1) is 8.82. The second kappa shape index (κ2) is 6.65. The number of aliphatic carboxylic acids is 1. The first kappa shape index (κ1) is 15.6. The van der Waals surface area contributed by atoms with Crippen molar-refractivity contribution in [1.29, 1.82) is 0 Å². The molecule has 0 saturated carbocycles. The van der Waals surface area contributed by atoms with Crippen LogP contribution in [0.3, 0.4) is 0 Å². The number of amides is 1. The Morgan fingerprint density at radius 3 is 2.63 bits per heavy atom. The second-order valence-corrected chi connectivity index (χ2v) is 6.24. The number of carboxylic acids is 1. The Labute approximate surface area is 117 Å². The minimum absolute atomic E-state index is 0.122. The highest BCUT2D eigenvalue weighted by atomic mass is 32.1. The molecule has 0 aromatic carbocycles. The van der Waals surface area contributed by atoms with Crippen LogP contribution >= 0.6 is 11.3 Å². The maximum Gasteiger partial charge on any atom is 0.303 e. The molecular weight excluding hydrogens is 264 g/mol. The maximum absolute atomic E-state index is 12.0. The van der Waals surface area contributed by atoms with E-state index in [1.54, 1.807) is 5.51 Å². The monoisotopic (exact) mass is 284 g/mol. The number of carboxylic acid groups (broad SMARTS) is 1. The first-order valence-corrected chi connectivity index (χ1v) is 7.14. The number of carbonyl (C=O) groups is 2. The van der Waals surface area contributed by atoms with Crippen LogP contribution in [0.2, 0.25) is 0 Å². The fourth-order valence-corrected chi connectivity index (χ4v) is 2.54. The van der Waals surface area contributed by atoms with Crippen molar-refractivity contribution in [1.82, 2.24) is 10.3 Å². The predicted octanol–water partition coefficient (Wildman–Crippen LogP) is 2.43. The molecule has 0 unspecified atom stereocenters. The summed E-state index contributed by atoms with van der Waals surface area (Å²) in [4.78, 5) is 27.3. The SMILES string of the molecule is CC(C)(C)c1ncsc1C(=O)NCCCCC(=O)O. The average Bonchev–Trinajstić information content (AvgIpc) is 2.76. The third kappa shape index (κ3) is 4.98. The third-order valence-corrected chi connectivity index (χ3v) is 3.41. The van der Waals surface area contributed by atoms with Crippen LogP contribution in [-0.2, 0) is 10.2 Å². The zero-order valence-corrected chi connectivity index (χ0v) is 12.3. The summed E-state index contributed by atoms with van der Waals surface area (Å²) >= 11 is 1.34. The molecule has 0 aliphatic rings. The Balaban J connectivity index is 2.46. The molecule has 0 aliphatic carbocycles. The van der Waals surface area contributed by atoms with Gasteiger partial charge in [-0.15, -0.1) is 11.3 Å². The van der Waals surface area contributed by atoms with Gasteiger partial charge in [0.15, 0.2) is 0 Å². The molecule has 1 amide bonds. The number of carbonyl (C=O) groups excluding carboxylic acids is 1. The number of thiazole rings is 1. The van der Waals surface area contributed by atoms with Crippen LogP contribution in [-0.4, -0.2) is 28.5 Å². The van der Waals surface area contributed by atoms with E-state index in [0.29, 0.717) is 24.3 Å². The Bertz CT molecular complexity index is 449. The van der Waals surface area contributed by atoms with Crippen molar-refractivity contribution in [3.05, 3.63) is 16.1 Å². The number of unbranched alkanes of at least 4 members (excludes halogenated alkanes) is 1. The molecule has 5 nitrogen and oxygen atoms in total. The lowest BCUT2D eigenvalue weighted by atomic mass is 9.91. The van der Waals surface area contributed by atoms with E-state index in [2.05, 4.69) is 10.3 Å². The molecule has 0 saturated heterocycles. The summed E-state index contributed by atoms with van der Waals surface area (Å²) < 4.78 is 0. The highest BCUT2D eigenvalue weighted by molar-refractivity contribution is 7.11. The maximum atomic E-state index is 12.0. The van der Waals surface area contributed by atoms with Crippen molar-refractivity contribution >= 4 is 23.2 Å². The van der Waals surface area contributed by atoms with E-state index >= 15 is 0 Å². The lowest BCUT2D eigenvalue weighted by Crippen LogP contribution is -2.27. The Morgan fingerprint density at radius 1 is 1.37 bits per heavy atom. The average molecular weight is 284 g/mol. The molecule has 1 rings (SSSR count). The standard InChI is InChI=1S/C13H20N2O3S/c1-13(2,3)11-10(19-8-15-11)12(18)14-7-5-4-6-9(16)17/h8H,4-7H2,1-3H3,(H,14,18)(H,16,17). The van der Waals surface area contributed by atoms with Gasteiger partial charge in [-0.25, -0.2) is 4.98 Å². The summed E-state index contributed by atoms with van der Waals surface area (Å²) in [5.74, 6) is -0.924. The van der Waals surface area contributed by atoms with Crippen molar-refractivity contribution in [2.75, 3.05) is 6.54 Å². The summed E-state index contributed by atoms with van der Waals surface area (Å²) in [6, 6.07) is 0. The molecule has 19 heavy (non-hydrogen) atoms. The predicted molar refractivity (Wildman–Crippen MR) is 74.6 cm³/mol. The number of nitrogens with zero attached hydrogens (tertiary/aromatic N) is 1. The zero-order valence-electron chi connectivity index (χ0n) is 11.5. The van der Waals surface area contributed by atoms with Crippen LogP contribution < -0.4 is 5.32 Å². The van der Waals surface area contributed by atoms with Crippen molar-refractivity contribution in [3.63, 3.8) is 0 Å². The Hall–Kier alpha value is -1.43.